The van der Waals surface area contributed by atoms with Crippen LogP contribution in [0, 0.1) is 0 Å². The number of benzene rings is 1. The third kappa shape index (κ3) is 2.59. The Labute approximate surface area is 103 Å². The summed E-state index contributed by atoms with van der Waals surface area (Å²) in [5.41, 5.74) is 1.03. The molecule has 0 unspecified atom stereocenters. The highest BCUT2D eigenvalue weighted by Gasteiger charge is 2.04. The molecular weight excluding hydrogens is 240 g/mol. The van der Waals surface area contributed by atoms with Gasteiger partial charge >= 0.3 is 0 Å². The Kier molecular flexibility index (Phi) is 3.90. The van der Waals surface area contributed by atoms with E-state index < -0.39 is 0 Å². The molecule has 86 valence electrons. The Balaban J connectivity index is 2.16. The zero-order chi connectivity index (χ0) is 11.4. The lowest BCUT2D eigenvalue weighted by Gasteiger charge is -1.98. The predicted molar refractivity (Wildman–Crippen MR) is 73.0 cm³/mol. The summed E-state index contributed by atoms with van der Waals surface area (Å²) >= 11 is 3.49. The number of anilines is 1. The Morgan fingerprint density at radius 1 is 1.50 bits per heavy atom. The molecule has 0 bridgehead atoms. The van der Waals surface area contributed by atoms with Crippen molar-refractivity contribution in [3.05, 3.63) is 18.2 Å². The maximum Gasteiger partial charge on any atom is 0.183 e. The molecule has 0 amide bonds. The van der Waals surface area contributed by atoms with Gasteiger partial charge in [0.25, 0.3) is 0 Å². The van der Waals surface area contributed by atoms with Gasteiger partial charge in [0, 0.05) is 12.3 Å². The molecule has 1 aromatic heterocycles. The number of thioether (sulfide) groups is 1. The predicted octanol–water partition coefficient (Wildman–Crippen LogP) is 3.08. The van der Waals surface area contributed by atoms with Crippen molar-refractivity contribution in [3.8, 4) is 5.75 Å². The molecule has 1 aromatic carbocycles. The summed E-state index contributed by atoms with van der Waals surface area (Å²) in [6.45, 7) is 0.956. The van der Waals surface area contributed by atoms with E-state index in [0.29, 0.717) is 0 Å². The van der Waals surface area contributed by atoms with Crippen molar-refractivity contribution in [2.75, 3.05) is 31.0 Å². The summed E-state index contributed by atoms with van der Waals surface area (Å²) in [5.74, 6) is 1.98. The maximum atomic E-state index is 5.19. The summed E-state index contributed by atoms with van der Waals surface area (Å²) in [4.78, 5) is 4.50. The molecule has 0 radical (unpaired) electrons. The van der Waals surface area contributed by atoms with Crippen molar-refractivity contribution in [2.45, 2.75) is 0 Å². The Bertz CT molecular complexity index is 470. The number of rotatable bonds is 5. The molecule has 0 saturated carbocycles. The smallest absolute Gasteiger partial charge is 0.183 e. The van der Waals surface area contributed by atoms with Crippen LogP contribution in [0.1, 0.15) is 0 Å². The van der Waals surface area contributed by atoms with Crippen molar-refractivity contribution in [1.29, 1.82) is 0 Å². The molecule has 0 spiro atoms. The van der Waals surface area contributed by atoms with E-state index in [-0.39, 0.29) is 0 Å². The van der Waals surface area contributed by atoms with E-state index in [4.69, 9.17) is 4.74 Å². The third-order valence-electron chi connectivity index (χ3n) is 2.18. The average molecular weight is 254 g/mol. The number of ether oxygens (including phenoxy) is 1. The van der Waals surface area contributed by atoms with Gasteiger partial charge in [0.2, 0.25) is 0 Å². The van der Waals surface area contributed by atoms with Gasteiger partial charge in [0.15, 0.2) is 5.13 Å². The van der Waals surface area contributed by atoms with Crippen molar-refractivity contribution in [2.24, 2.45) is 0 Å². The minimum Gasteiger partial charge on any atom is -0.497 e. The van der Waals surface area contributed by atoms with E-state index in [0.717, 1.165) is 33.4 Å². The van der Waals surface area contributed by atoms with E-state index in [9.17, 15) is 0 Å². The van der Waals surface area contributed by atoms with Crippen LogP contribution in [0.15, 0.2) is 18.2 Å². The first-order valence-corrected chi connectivity index (χ1v) is 7.22. The first-order valence-electron chi connectivity index (χ1n) is 5.01. The van der Waals surface area contributed by atoms with Crippen LogP contribution >= 0.6 is 23.1 Å². The molecule has 0 aliphatic carbocycles. The molecule has 16 heavy (non-hydrogen) atoms. The SMILES string of the molecule is COc1ccc2nc(NCCSC)sc2c1. The third-order valence-corrected chi connectivity index (χ3v) is 3.77. The minimum atomic E-state index is 0.881. The normalized spacial score (nSPS) is 10.6. The number of thiazole rings is 1. The molecule has 0 aliphatic rings. The second-order valence-corrected chi connectivity index (χ2v) is 5.29. The Morgan fingerprint density at radius 3 is 3.12 bits per heavy atom. The van der Waals surface area contributed by atoms with Crippen molar-refractivity contribution < 1.29 is 4.74 Å². The van der Waals surface area contributed by atoms with Crippen LogP contribution in [-0.4, -0.2) is 30.6 Å². The maximum absolute atomic E-state index is 5.19. The van der Waals surface area contributed by atoms with Crippen LogP contribution in [0.25, 0.3) is 10.2 Å². The van der Waals surface area contributed by atoms with Crippen LogP contribution in [0.5, 0.6) is 5.75 Å². The van der Waals surface area contributed by atoms with E-state index >= 15 is 0 Å². The van der Waals surface area contributed by atoms with Crippen LogP contribution in [0.2, 0.25) is 0 Å². The largest absolute Gasteiger partial charge is 0.497 e. The average Bonchev–Trinajstić information content (AvgIpc) is 2.70. The summed E-state index contributed by atoms with van der Waals surface area (Å²) in [7, 11) is 1.68. The summed E-state index contributed by atoms with van der Waals surface area (Å²) in [6, 6.07) is 5.95. The molecule has 2 rings (SSSR count). The second kappa shape index (κ2) is 5.41. The van der Waals surface area contributed by atoms with Gasteiger partial charge in [-0.1, -0.05) is 11.3 Å². The zero-order valence-electron chi connectivity index (χ0n) is 9.32. The van der Waals surface area contributed by atoms with Gasteiger partial charge in [-0.25, -0.2) is 4.98 Å². The molecule has 0 fully saturated rings. The van der Waals surface area contributed by atoms with E-state index in [1.54, 1.807) is 18.4 Å². The number of fused-ring (bicyclic) bond motifs is 1. The first-order chi connectivity index (χ1) is 7.83. The van der Waals surface area contributed by atoms with E-state index in [1.165, 1.54) is 0 Å². The molecule has 0 atom stereocenters. The first kappa shape index (κ1) is 11.5. The van der Waals surface area contributed by atoms with Gasteiger partial charge in [-0.05, 0) is 24.5 Å². The van der Waals surface area contributed by atoms with Crippen molar-refractivity contribution >= 4 is 38.4 Å². The van der Waals surface area contributed by atoms with E-state index in [1.807, 2.05) is 30.0 Å². The fraction of sp³-hybridized carbons (Fsp3) is 0.364. The number of methoxy groups -OCH3 is 1. The standard InChI is InChI=1S/C11H14N2OS2/c1-14-8-3-4-9-10(7-8)16-11(13-9)12-5-6-15-2/h3-4,7H,5-6H2,1-2H3,(H,12,13). The number of hydrogen-bond donors (Lipinski definition) is 1. The molecule has 1 heterocycles. The molecule has 1 N–H and O–H groups in total. The van der Waals surface area contributed by atoms with Crippen LogP contribution in [0.4, 0.5) is 5.13 Å². The van der Waals surface area contributed by atoms with Gasteiger partial charge in [0.1, 0.15) is 5.75 Å². The van der Waals surface area contributed by atoms with Gasteiger partial charge in [0.05, 0.1) is 17.3 Å². The van der Waals surface area contributed by atoms with Crippen LogP contribution in [-0.2, 0) is 0 Å². The fourth-order valence-corrected chi connectivity index (χ4v) is 2.59. The highest BCUT2D eigenvalue weighted by molar-refractivity contribution is 7.98. The number of hydrogen-bond acceptors (Lipinski definition) is 5. The lowest BCUT2D eigenvalue weighted by atomic mass is 10.3. The Morgan fingerprint density at radius 2 is 2.38 bits per heavy atom. The molecule has 3 nitrogen and oxygen atoms in total. The molecule has 5 heteroatoms. The summed E-state index contributed by atoms with van der Waals surface area (Å²) < 4.78 is 6.34. The van der Waals surface area contributed by atoms with Gasteiger partial charge < -0.3 is 10.1 Å². The minimum absolute atomic E-state index is 0.881. The number of nitrogens with zero attached hydrogens (tertiary/aromatic N) is 1. The highest BCUT2D eigenvalue weighted by Crippen LogP contribution is 2.28. The second-order valence-electron chi connectivity index (χ2n) is 3.27. The molecular formula is C11H14N2OS2. The van der Waals surface area contributed by atoms with E-state index in [2.05, 4.69) is 16.6 Å². The molecule has 0 saturated heterocycles. The van der Waals surface area contributed by atoms with Crippen molar-refractivity contribution in [3.63, 3.8) is 0 Å². The topological polar surface area (TPSA) is 34.1 Å². The molecule has 0 aliphatic heterocycles. The Hall–Kier alpha value is -0.940. The number of aromatic nitrogens is 1. The fourth-order valence-electron chi connectivity index (χ4n) is 1.37. The van der Waals surface area contributed by atoms with Crippen molar-refractivity contribution in [1.82, 2.24) is 4.98 Å². The van der Waals surface area contributed by atoms with Gasteiger partial charge in [-0.2, -0.15) is 11.8 Å². The van der Waals surface area contributed by atoms with Crippen LogP contribution in [0.3, 0.4) is 0 Å². The summed E-state index contributed by atoms with van der Waals surface area (Å²) in [5, 5.41) is 4.30. The highest BCUT2D eigenvalue weighted by atomic mass is 32.2. The number of nitrogens with one attached hydrogen (secondary N) is 1. The monoisotopic (exact) mass is 254 g/mol. The zero-order valence-corrected chi connectivity index (χ0v) is 11.0. The van der Waals surface area contributed by atoms with Gasteiger partial charge in [-0.15, -0.1) is 0 Å². The lowest BCUT2D eigenvalue weighted by molar-refractivity contribution is 0.415. The van der Waals surface area contributed by atoms with Gasteiger partial charge in [-0.3, -0.25) is 0 Å². The lowest BCUT2D eigenvalue weighted by Crippen LogP contribution is -2.02. The quantitative estimate of drug-likeness (QED) is 0.832. The molecule has 2 aromatic rings. The van der Waals surface area contributed by atoms with Crippen LogP contribution < -0.4 is 10.1 Å². The summed E-state index contributed by atoms with van der Waals surface area (Å²) in [6.07, 6.45) is 2.10.